The second kappa shape index (κ2) is 4.79. The summed E-state index contributed by atoms with van der Waals surface area (Å²) < 4.78 is 12.0. The molecule has 0 spiro atoms. The molecule has 2 aliphatic carbocycles. The molecule has 2 aliphatic heterocycles. The summed E-state index contributed by atoms with van der Waals surface area (Å²) in [5, 5.41) is 0. The van der Waals surface area contributed by atoms with Crippen LogP contribution < -0.4 is 0 Å². The number of Topliss-reactive ketones (excluding diaryl/α,β-unsaturated/α-hetero) is 2. The maximum Gasteiger partial charge on any atom is 0.181 e. The molecule has 132 valence electrons. The molecule has 2 bridgehead atoms. The highest BCUT2D eigenvalue weighted by molar-refractivity contribution is 6.00. The van der Waals surface area contributed by atoms with Crippen LogP contribution in [0.5, 0.6) is 0 Å². The summed E-state index contributed by atoms with van der Waals surface area (Å²) in [6, 6.07) is 0. The number of methoxy groups -OCH3 is 1. The van der Waals surface area contributed by atoms with Crippen LogP contribution >= 0.6 is 0 Å². The van der Waals surface area contributed by atoms with Gasteiger partial charge in [0, 0.05) is 18.9 Å². The van der Waals surface area contributed by atoms with Crippen molar-refractivity contribution in [1.29, 1.82) is 0 Å². The Labute approximate surface area is 144 Å². The molecule has 0 aromatic heterocycles. The minimum absolute atomic E-state index is 0.0460. The molecule has 0 radical (unpaired) electrons. The van der Waals surface area contributed by atoms with Gasteiger partial charge in [-0.3, -0.25) is 9.59 Å². The maximum absolute atomic E-state index is 12.8. The maximum atomic E-state index is 12.8. The predicted octanol–water partition coefficient (Wildman–Crippen LogP) is 3.44. The Kier molecular flexibility index (Phi) is 3.29. The van der Waals surface area contributed by atoms with Gasteiger partial charge in [-0.2, -0.15) is 0 Å². The number of fused-ring (bicyclic) bond motifs is 6. The second-order valence-electron chi connectivity index (χ2n) is 9.06. The minimum atomic E-state index is -0.820. The van der Waals surface area contributed by atoms with E-state index in [1.807, 2.05) is 0 Å². The summed E-state index contributed by atoms with van der Waals surface area (Å²) >= 11 is 0. The molecule has 5 atom stereocenters. The Morgan fingerprint density at radius 1 is 1.17 bits per heavy atom. The van der Waals surface area contributed by atoms with Crippen LogP contribution in [0, 0.1) is 22.7 Å². The zero-order valence-electron chi connectivity index (χ0n) is 15.4. The highest BCUT2D eigenvalue weighted by atomic mass is 16.7. The first kappa shape index (κ1) is 16.5. The van der Waals surface area contributed by atoms with Gasteiger partial charge in [0.25, 0.3) is 0 Å². The summed E-state index contributed by atoms with van der Waals surface area (Å²) in [6.07, 6.45) is 3.20. The van der Waals surface area contributed by atoms with Crippen molar-refractivity contribution in [1.82, 2.24) is 0 Å². The van der Waals surface area contributed by atoms with Gasteiger partial charge in [-0.1, -0.05) is 33.3 Å². The fraction of sp³-hybridized carbons (Fsp3) is 0.800. The van der Waals surface area contributed by atoms with E-state index in [1.165, 1.54) is 5.57 Å². The van der Waals surface area contributed by atoms with Crippen molar-refractivity contribution >= 4 is 11.6 Å². The SMILES string of the molecule is CO[C@@]12CC(=O)[C@@H](C[C@@H]3C4=C(C(C)C)C(=O)C[C@]4(C)CC[C@]31C)O2. The van der Waals surface area contributed by atoms with Gasteiger partial charge in [0.05, 0.1) is 6.42 Å². The molecule has 3 fully saturated rings. The summed E-state index contributed by atoms with van der Waals surface area (Å²) in [5.74, 6) is 0.0740. The van der Waals surface area contributed by atoms with E-state index < -0.39 is 5.79 Å². The highest BCUT2D eigenvalue weighted by Crippen LogP contribution is 2.67. The van der Waals surface area contributed by atoms with Crippen LogP contribution in [0.2, 0.25) is 0 Å². The van der Waals surface area contributed by atoms with E-state index >= 15 is 0 Å². The van der Waals surface area contributed by atoms with E-state index in [9.17, 15) is 9.59 Å². The summed E-state index contributed by atoms with van der Waals surface area (Å²) in [7, 11) is 1.66. The number of rotatable bonds is 2. The number of hydrogen-bond acceptors (Lipinski definition) is 4. The summed E-state index contributed by atoms with van der Waals surface area (Å²) in [4.78, 5) is 25.2. The molecular weight excluding hydrogens is 304 g/mol. The lowest BCUT2D eigenvalue weighted by atomic mass is 9.52. The van der Waals surface area contributed by atoms with Crippen LogP contribution in [0.15, 0.2) is 11.1 Å². The van der Waals surface area contributed by atoms with E-state index in [-0.39, 0.29) is 34.6 Å². The van der Waals surface area contributed by atoms with Crippen molar-refractivity contribution in [2.75, 3.05) is 7.11 Å². The van der Waals surface area contributed by atoms with Crippen molar-refractivity contribution in [3.8, 4) is 0 Å². The number of ether oxygens (including phenoxy) is 2. The Morgan fingerprint density at radius 3 is 2.50 bits per heavy atom. The molecule has 4 aliphatic rings. The number of carbonyl (C=O) groups excluding carboxylic acids is 2. The van der Waals surface area contributed by atoms with Crippen molar-refractivity contribution in [3.63, 3.8) is 0 Å². The largest absolute Gasteiger partial charge is 0.352 e. The molecule has 24 heavy (non-hydrogen) atoms. The molecule has 2 heterocycles. The van der Waals surface area contributed by atoms with Crippen LogP contribution in [-0.2, 0) is 19.1 Å². The number of allylic oxidation sites excluding steroid dienone is 2. The smallest absolute Gasteiger partial charge is 0.181 e. The normalized spacial score (nSPS) is 47.4. The lowest BCUT2D eigenvalue weighted by Crippen LogP contribution is -2.59. The first-order valence-electron chi connectivity index (χ1n) is 9.21. The van der Waals surface area contributed by atoms with Gasteiger partial charge in [-0.25, -0.2) is 0 Å². The van der Waals surface area contributed by atoms with Crippen molar-refractivity contribution in [3.05, 3.63) is 11.1 Å². The third-order valence-corrected chi connectivity index (χ3v) is 7.43. The van der Waals surface area contributed by atoms with Gasteiger partial charge in [0.1, 0.15) is 6.10 Å². The molecule has 0 N–H and O–H groups in total. The molecule has 1 saturated carbocycles. The van der Waals surface area contributed by atoms with Crippen LogP contribution in [-0.4, -0.2) is 30.6 Å². The first-order valence-corrected chi connectivity index (χ1v) is 9.21. The Hall–Kier alpha value is -1.00. The molecule has 0 amide bonds. The second-order valence-corrected chi connectivity index (χ2v) is 9.06. The predicted molar refractivity (Wildman–Crippen MR) is 89.3 cm³/mol. The van der Waals surface area contributed by atoms with Crippen LogP contribution in [0.4, 0.5) is 0 Å². The molecule has 4 rings (SSSR count). The van der Waals surface area contributed by atoms with Gasteiger partial charge in [0.15, 0.2) is 17.4 Å². The monoisotopic (exact) mass is 332 g/mol. The lowest BCUT2D eigenvalue weighted by Gasteiger charge is -2.58. The Morgan fingerprint density at radius 2 is 1.88 bits per heavy atom. The fourth-order valence-electron chi connectivity index (χ4n) is 6.11. The van der Waals surface area contributed by atoms with E-state index in [2.05, 4.69) is 27.7 Å². The van der Waals surface area contributed by atoms with Crippen LogP contribution in [0.3, 0.4) is 0 Å². The van der Waals surface area contributed by atoms with Crippen molar-refractivity contribution in [2.45, 2.75) is 71.7 Å². The minimum Gasteiger partial charge on any atom is -0.352 e. The molecule has 2 saturated heterocycles. The lowest BCUT2D eigenvalue weighted by molar-refractivity contribution is -0.316. The van der Waals surface area contributed by atoms with Gasteiger partial charge in [0.2, 0.25) is 0 Å². The third-order valence-electron chi connectivity index (χ3n) is 7.43. The Bertz CT molecular complexity index is 663. The number of hydrogen-bond donors (Lipinski definition) is 0. The van der Waals surface area contributed by atoms with Crippen molar-refractivity contribution in [2.24, 2.45) is 22.7 Å². The molecule has 0 aromatic carbocycles. The van der Waals surface area contributed by atoms with Gasteiger partial charge < -0.3 is 9.47 Å². The summed E-state index contributed by atoms with van der Waals surface area (Å²) in [6.45, 7) is 8.68. The van der Waals surface area contributed by atoms with E-state index in [0.717, 1.165) is 18.4 Å². The van der Waals surface area contributed by atoms with Crippen LogP contribution in [0.25, 0.3) is 0 Å². The number of ketones is 2. The van der Waals surface area contributed by atoms with E-state index in [0.29, 0.717) is 25.0 Å². The molecule has 0 aromatic rings. The highest BCUT2D eigenvalue weighted by Gasteiger charge is 2.69. The molecule has 4 nitrogen and oxygen atoms in total. The average molecular weight is 332 g/mol. The van der Waals surface area contributed by atoms with E-state index in [4.69, 9.17) is 9.47 Å². The zero-order valence-corrected chi connectivity index (χ0v) is 15.4. The van der Waals surface area contributed by atoms with E-state index in [1.54, 1.807) is 7.11 Å². The average Bonchev–Trinajstić information content (AvgIpc) is 2.95. The third kappa shape index (κ3) is 1.76. The zero-order chi connectivity index (χ0) is 17.5. The quantitative estimate of drug-likeness (QED) is 0.777. The molecule has 4 heteroatoms. The Balaban J connectivity index is 1.91. The van der Waals surface area contributed by atoms with Gasteiger partial charge in [-0.15, -0.1) is 0 Å². The van der Waals surface area contributed by atoms with Gasteiger partial charge in [-0.05, 0) is 42.1 Å². The number of carbonyl (C=O) groups is 2. The standard InChI is InChI=1S/C20H28O4/c1-11(2)16-14(22)9-18(3)6-7-19(4)12(17(16)18)8-15-13(21)10-20(19,23-5)24-15/h11-12,15H,6-10H2,1-5H3/t12-,15-,18+,19-,20-/m1/s1. The summed E-state index contributed by atoms with van der Waals surface area (Å²) in [5.41, 5.74) is 2.05. The fourth-order valence-corrected chi connectivity index (χ4v) is 6.11. The molecule has 0 unspecified atom stereocenters. The van der Waals surface area contributed by atoms with Crippen molar-refractivity contribution < 1.29 is 19.1 Å². The van der Waals surface area contributed by atoms with Gasteiger partial charge >= 0.3 is 0 Å². The first-order chi connectivity index (χ1) is 11.2. The molecular formula is C20H28O4. The van der Waals surface area contributed by atoms with Crippen LogP contribution in [0.1, 0.15) is 59.8 Å². The topological polar surface area (TPSA) is 52.6 Å².